The molecule has 0 aliphatic heterocycles. The Morgan fingerprint density at radius 2 is 2.04 bits per heavy atom. The molecule has 0 bridgehead atoms. The highest BCUT2D eigenvalue weighted by Gasteiger charge is 2.21. The summed E-state index contributed by atoms with van der Waals surface area (Å²) in [6.07, 6.45) is 5.93. The third kappa shape index (κ3) is 5.53. The molecule has 23 heavy (non-hydrogen) atoms. The quantitative estimate of drug-likeness (QED) is 0.839. The maximum absolute atomic E-state index is 12.4. The van der Waals surface area contributed by atoms with Gasteiger partial charge in [-0.3, -0.25) is 0 Å². The predicted octanol–water partition coefficient (Wildman–Crippen LogP) is 2.53. The van der Waals surface area contributed by atoms with Crippen LogP contribution < -0.4 is 5.32 Å². The number of amides is 2. The Hall–Kier alpha value is -1.56. The van der Waals surface area contributed by atoms with Crippen molar-refractivity contribution in [3.8, 4) is 0 Å². The first-order chi connectivity index (χ1) is 10.9. The van der Waals surface area contributed by atoms with Crippen LogP contribution in [0.1, 0.15) is 42.9 Å². The van der Waals surface area contributed by atoms with Gasteiger partial charge in [-0.15, -0.1) is 0 Å². The van der Waals surface area contributed by atoms with Gasteiger partial charge in [0.2, 0.25) is 0 Å². The summed E-state index contributed by atoms with van der Waals surface area (Å²) in [5.41, 5.74) is 2.53. The van der Waals surface area contributed by atoms with Crippen LogP contribution in [0.3, 0.4) is 0 Å². The van der Waals surface area contributed by atoms with E-state index in [0.717, 1.165) is 25.7 Å². The molecule has 0 saturated carbocycles. The molecule has 1 aliphatic rings. The van der Waals surface area contributed by atoms with Crippen LogP contribution in [-0.2, 0) is 16.3 Å². The lowest BCUT2D eigenvalue weighted by Gasteiger charge is -2.24. The van der Waals surface area contributed by atoms with Crippen LogP contribution in [0.25, 0.3) is 0 Å². The van der Waals surface area contributed by atoms with E-state index < -0.39 is 9.84 Å². The lowest BCUT2D eigenvalue weighted by atomic mass is 9.99. The van der Waals surface area contributed by atoms with Crippen LogP contribution >= 0.6 is 0 Å². The molecule has 1 unspecified atom stereocenters. The maximum Gasteiger partial charge on any atom is 0.317 e. The van der Waals surface area contributed by atoms with Gasteiger partial charge in [0.15, 0.2) is 0 Å². The number of benzene rings is 1. The number of hydrogen-bond acceptors (Lipinski definition) is 3. The number of hydrogen-bond donors (Lipinski definition) is 1. The van der Waals surface area contributed by atoms with Crippen molar-refractivity contribution in [2.24, 2.45) is 0 Å². The molecular weight excluding hydrogens is 312 g/mol. The molecule has 6 heteroatoms. The summed E-state index contributed by atoms with van der Waals surface area (Å²) in [4.78, 5) is 13.9. The molecule has 0 radical (unpaired) electrons. The third-order valence-electron chi connectivity index (χ3n) is 4.27. The summed E-state index contributed by atoms with van der Waals surface area (Å²) < 4.78 is 22.3. The molecule has 1 aromatic carbocycles. The Morgan fingerprint density at radius 3 is 2.78 bits per heavy atom. The molecule has 1 aliphatic carbocycles. The fourth-order valence-electron chi connectivity index (χ4n) is 3.00. The van der Waals surface area contributed by atoms with E-state index in [1.165, 1.54) is 17.4 Å². The number of nitrogens with one attached hydrogen (secondary N) is 1. The standard InChI is InChI=1S/C17H26N2O3S/c1-19(12-7-13-23(2,21)22)17(20)18-16-11-6-4-9-14-8-3-5-10-15(14)16/h3,5,8,10,16H,4,6-7,9,11-13H2,1-2H3,(H,18,20). The topological polar surface area (TPSA) is 66.5 Å². The number of sulfone groups is 1. The number of rotatable bonds is 5. The van der Waals surface area contributed by atoms with Gasteiger partial charge in [0.25, 0.3) is 0 Å². The minimum Gasteiger partial charge on any atom is -0.331 e. The van der Waals surface area contributed by atoms with Crippen molar-refractivity contribution in [2.45, 2.75) is 38.1 Å². The fourth-order valence-corrected chi connectivity index (χ4v) is 3.65. The minimum atomic E-state index is -2.98. The molecule has 0 fully saturated rings. The number of aryl methyl sites for hydroxylation is 1. The van der Waals surface area contributed by atoms with Crippen molar-refractivity contribution >= 4 is 15.9 Å². The zero-order chi connectivity index (χ0) is 16.9. The molecule has 5 nitrogen and oxygen atoms in total. The summed E-state index contributed by atoms with van der Waals surface area (Å²) in [5, 5.41) is 3.10. The SMILES string of the molecule is CN(CCCS(C)(=O)=O)C(=O)NC1CCCCc2ccccc21. The summed E-state index contributed by atoms with van der Waals surface area (Å²) in [6, 6.07) is 8.18. The van der Waals surface area contributed by atoms with Gasteiger partial charge in [-0.1, -0.05) is 30.7 Å². The molecule has 2 amide bonds. The van der Waals surface area contributed by atoms with E-state index in [1.54, 1.807) is 11.9 Å². The Morgan fingerprint density at radius 1 is 1.30 bits per heavy atom. The van der Waals surface area contributed by atoms with Crippen LogP contribution in [0.5, 0.6) is 0 Å². The molecule has 128 valence electrons. The van der Waals surface area contributed by atoms with Gasteiger partial charge in [0.05, 0.1) is 11.8 Å². The van der Waals surface area contributed by atoms with Gasteiger partial charge in [0.1, 0.15) is 9.84 Å². The second kappa shape index (κ2) is 7.81. The number of carbonyl (C=O) groups is 1. The van der Waals surface area contributed by atoms with Crippen molar-refractivity contribution < 1.29 is 13.2 Å². The van der Waals surface area contributed by atoms with Crippen LogP contribution in [0.15, 0.2) is 24.3 Å². The Labute approximate surface area is 139 Å². The van der Waals surface area contributed by atoms with E-state index >= 15 is 0 Å². The Bertz CT molecular complexity index is 643. The molecule has 1 aromatic rings. The van der Waals surface area contributed by atoms with Crippen molar-refractivity contribution in [3.05, 3.63) is 35.4 Å². The lowest BCUT2D eigenvalue weighted by Crippen LogP contribution is -2.40. The highest BCUT2D eigenvalue weighted by Crippen LogP contribution is 2.28. The van der Waals surface area contributed by atoms with Gasteiger partial charge in [-0.25, -0.2) is 13.2 Å². The van der Waals surface area contributed by atoms with E-state index in [2.05, 4.69) is 17.4 Å². The third-order valence-corrected chi connectivity index (χ3v) is 5.30. The van der Waals surface area contributed by atoms with Gasteiger partial charge >= 0.3 is 6.03 Å². The van der Waals surface area contributed by atoms with Crippen molar-refractivity contribution in [3.63, 3.8) is 0 Å². The molecule has 2 rings (SSSR count). The zero-order valence-electron chi connectivity index (χ0n) is 13.9. The summed E-state index contributed by atoms with van der Waals surface area (Å²) in [5.74, 6) is 0.108. The van der Waals surface area contributed by atoms with Crippen molar-refractivity contribution in [2.75, 3.05) is 25.6 Å². The average molecular weight is 338 g/mol. The summed E-state index contributed by atoms with van der Waals surface area (Å²) in [6.45, 7) is 0.438. The lowest BCUT2D eigenvalue weighted by molar-refractivity contribution is 0.204. The normalized spacial score (nSPS) is 17.9. The number of carbonyl (C=O) groups excluding carboxylic acids is 1. The molecule has 0 saturated heterocycles. The first-order valence-electron chi connectivity index (χ1n) is 8.14. The van der Waals surface area contributed by atoms with Crippen molar-refractivity contribution in [1.29, 1.82) is 0 Å². The predicted molar refractivity (Wildman–Crippen MR) is 92.2 cm³/mol. The number of fused-ring (bicyclic) bond motifs is 1. The maximum atomic E-state index is 12.4. The van der Waals surface area contributed by atoms with E-state index in [4.69, 9.17) is 0 Å². The average Bonchev–Trinajstić information content (AvgIpc) is 2.68. The monoisotopic (exact) mass is 338 g/mol. The molecule has 0 spiro atoms. The second-order valence-corrected chi connectivity index (χ2v) is 8.61. The van der Waals surface area contributed by atoms with Gasteiger partial charge in [-0.2, -0.15) is 0 Å². The molecular formula is C17H26N2O3S. The fraction of sp³-hybridized carbons (Fsp3) is 0.588. The van der Waals surface area contributed by atoms with Gasteiger partial charge < -0.3 is 10.2 Å². The van der Waals surface area contributed by atoms with Crippen LogP contribution in [0, 0.1) is 0 Å². The van der Waals surface area contributed by atoms with E-state index in [9.17, 15) is 13.2 Å². The molecule has 0 aromatic heterocycles. The number of urea groups is 1. The van der Waals surface area contributed by atoms with Gasteiger partial charge in [0, 0.05) is 19.8 Å². The molecule has 1 atom stereocenters. The first kappa shape index (κ1) is 17.8. The highest BCUT2D eigenvalue weighted by molar-refractivity contribution is 7.90. The zero-order valence-corrected chi connectivity index (χ0v) is 14.7. The van der Waals surface area contributed by atoms with E-state index in [0.29, 0.717) is 13.0 Å². The smallest absolute Gasteiger partial charge is 0.317 e. The summed E-state index contributed by atoms with van der Waals surface area (Å²) >= 11 is 0. The molecule has 0 heterocycles. The van der Waals surface area contributed by atoms with Crippen LogP contribution in [-0.4, -0.2) is 44.9 Å². The van der Waals surface area contributed by atoms with E-state index in [1.807, 2.05) is 12.1 Å². The molecule has 1 N–H and O–H groups in total. The summed E-state index contributed by atoms with van der Waals surface area (Å²) in [7, 11) is -1.27. The number of nitrogens with zero attached hydrogens (tertiary/aromatic N) is 1. The Balaban J connectivity index is 1.94. The van der Waals surface area contributed by atoms with Crippen LogP contribution in [0.4, 0.5) is 4.79 Å². The Kier molecular flexibility index (Phi) is 6.04. The van der Waals surface area contributed by atoms with E-state index in [-0.39, 0.29) is 17.8 Å². The highest BCUT2D eigenvalue weighted by atomic mass is 32.2. The minimum absolute atomic E-state index is 0.0403. The van der Waals surface area contributed by atoms with Gasteiger partial charge in [-0.05, 0) is 36.8 Å². The van der Waals surface area contributed by atoms with Crippen LogP contribution in [0.2, 0.25) is 0 Å². The first-order valence-corrected chi connectivity index (χ1v) is 10.2. The second-order valence-electron chi connectivity index (χ2n) is 6.35. The van der Waals surface area contributed by atoms with Crippen molar-refractivity contribution in [1.82, 2.24) is 10.2 Å². The largest absolute Gasteiger partial charge is 0.331 e.